The molecule has 1 aliphatic rings. The molecule has 0 spiro atoms. The molecule has 1 amide bonds. The van der Waals surface area contributed by atoms with Crippen LogP contribution in [0.15, 0.2) is 10.5 Å². The van der Waals surface area contributed by atoms with Gasteiger partial charge in [0.25, 0.3) is 0 Å². The van der Waals surface area contributed by atoms with Crippen molar-refractivity contribution in [1.82, 2.24) is 5.32 Å². The fourth-order valence-electron chi connectivity index (χ4n) is 1.70. The van der Waals surface area contributed by atoms with Crippen molar-refractivity contribution in [3.8, 4) is 0 Å². The van der Waals surface area contributed by atoms with E-state index in [1.807, 2.05) is 6.92 Å². The zero-order valence-electron chi connectivity index (χ0n) is 11.1. The molecule has 0 aromatic carbocycles. The molecule has 5 nitrogen and oxygen atoms in total. The smallest absolute Gasteiger partial charge is 0.408 e. The van der Waals surface area contributed by atoms with Crippen LogP contribution >= 0.6 is 11.8 Å². The van der Waals surface area contributed by atoms with Crippen molar-refractivity contribution in [1.29, 1.82) is 0 Å². The summed E-state index contributed by atoms with van der Waals surface area (Å²) in [6.45, 7) is 7.24. The third-order valence-electron chi connectivity index (χ3n) is 2.37. The van der Waals surface area contributed by atoms with Crippen LogP contribution in [0.3, 0.4) is 0 Å². The average Bonchev–Trinajstić information content (AvgIpc) is 2.57. The number of carbonyl (C=O) groups excluding carboxylic acids is 1. The predicted octanol–water partition coefficient (Wildman–Crippen LogP) is 2.38. The van der Waals surface area contributed by atoms with Crippen molar-refractivity contribution in [3.05, 3.63) is 10.5 Å². The summed E-state index contributed by atoms with van der Waals surface area (Å²) in [6.07, 6.45) is 0.0976. The Labute approximate surface area is 111 Å². The summed E-state index contributed by atoms with van der Waals surface area (Å²) in [4.78, 5) is 23.0. The highest BCUT2D eigenvalue weighted by molar-refractivity contribution is 8.04. The van der Waals surface area contributed by atoms with Gasteiger partial charge in [-0.25, -0.2) is 9.59 Å². The highest BCUT2D eigenvalue weighted by atomic mass is 32.2. The minimum absolute atomic E-state index is 0.249. The SMILES string of the molecule is CCC1=C(C(=O)O)SCC1NC(=O)OC(C)(C)C. The summed E-state index contributed by atoms with van der Waals surface area (Å²) in [5.74, 6) is -0.380. The minimum atomic E-state index is -0.926. The van der Waals surface area contributed by atoms with Crippen LogP contribution in [0.5, 0.6) is 0 Å². The average molecular weight is 273 g/mol. The van der Waals surface area contributed by atoms with Gasteiger partial charge in [0.05, 0.1) is 10.9 Å². The Morgan fingerprint density at radius 1 is 1.50 bits per heavy atom. The lowest BCUT2D eigenvalue weighted by Gasteiger charge is -2.22. The molecule has 0 radical (unpaired) electrons. The van der Waals surface area contributed by atoms with Crippen LogP contribution in [0.2, 0.25) is 0 Å². The van der Waals surface area contributed by atoms with Crippen molar-refractivity contribution < 1.29 is 19.4 Å². The standard InChI is InChI=1S/C12H19NO4S/c1-5-7-8(6-18-9(7)10(14)15)13-11(16)17-12(2,3)4/h8H,5-6H2,1-4H3,(H,13,16)(H,14,15). The topological polar surface area (TPSA) is 75.6 Å². The Hall–Kier alpha value is -1.17. The summed E-state index contributed by atoms with van der Waals surface area (Å²) in [6, 6.07) is -0.249. The number of aliphatic carboxylic acids is 1. The van der Waals surface area contributed by atoms with Gasteiger partial charge in [-0.05, 0) is 32.8 Å². The van der Waals surface area contributed by atoms with E-state index in [4.69, 9.17) is 9.84 Å². The van der Waals surface area contributed by atoms with Gasteiger partial charge in [0.15, 0.2) is 0 Å². The summed E-state index contributed by atoms with van der Waals surface area (Å²) in [5, 5.41) is 11.7. The minimum Gasteiger partial charge on any atom is -0.477 e. The third-order valence-corrected chi connectivity index (χ3v) is 3.60. The van der Waals surface area contributed by atoms with Crippen LogP contribution in [0.4, 0.5) is 4.79 Å². The molecule has 1 heterocycles. The Balaban J connectivity index is 2.69. The molecule has 6 heteroatoms. The molecule has 0 bridgehead atoms. The number of nitrogens with one attached hydrogen (secondary N) is 1. The van der Waals surface area contributed by atoms with E-state index in [0.717, 1.165) is 5.57 Å². The van der Waals surface area contributed by atoms with Gasteiger partial charge in [-0.3, -0.25) is 0 Å². The van der Waals surface area contributed by atoms with Gasteiger partial charge in [-0.15, -0.1) is 11.8 Å². The third kappa shape index (κ3) is 3.94. The number of carboxylic acid groups (broad SMARTS) is 1. The second kappa shape index (κ2) is 5.65. The molecule has 1 rings (SSSR count). The van der Waals surface area contributed by atoms with Crippen LogP contribution in [0.25, 0.3) is 0 Å². The summed E-state index contributed by atoms with van der Waals surface area (Å²) >= 11 is 1.26. The molecule has 1 aliphatic heterocycles. The van der Waals surface area contributed by atoms with Gasteiger partial charge in [-0.1, -0.05) is 6.92 Å². The lowest BCUT2D eigenvalue weighted by molar-refractivity contribution is -0.131. The van der Waals surface area contributed by atoms with E-state index in [-0.39, 0.29) is 6.04 Å². The van der Waals surface area contributed by atoms with Gasteiger partial charge in [0, 0.05) is 5.75 Å². The maximum Gasteiger partial charge on any atom is 0.408 e. The maximum atomic E-state index is 11.6. The molecule has 0 aromatic heterocycles. The van der Waals surface area contributed by atoms with E-state index in [1.165, 1.54) is 11.8 Å². The first kappa shape index (κ1) is 14.9. The highest BCUT2D eigenvalue weighted by Gasteiger charge is 2.31. The number of hydrogen-bond donors (Lipinski definition) is 2. The number of amides is 1. The number of ether oxygens (including phenoxy) is 1. The van der Waals surface area contributed by atoms with E-state index in [1.54, 1.807) is 20.8 Å². The first-order valence-corrected chi connectivity index (χ1v) is 6.81. The number of rotatable bonds is 3. The van der Waals surface area contributed by atoms with Crippen LogP contribution in [-0.2, 0) is 9.53 Å². The zero-order chi connectivity index (χ0) is 13.9. The number of carboxylic acids is 1. The van der Waals surface area contributed by atoms with Crippen molar-refractivity contribution in [3.63, 3.8) is 0 Å². The first-order valence-electron chi connectivity index (χ1n) is 5.83. The molecule has 2 N–H and O–H groups in total. The Morgan fingerprint density at radius 2 is 2.11 bits per heavy atom. The number of hydrogen-bond acceptors (Lipinski definition) is 4. The van der Waals surface area contributed by atoms with E-state index < -0.39 is 17.7 Å². The van der Waals surface area contributed by atoms with Crippen LogP contribution in [-0.4, -0.2) is 34.6 Å². The van der Waals surface area contributed by atoms with Crippen molar-refractivity contribution in [2.45, 2.75) is 45.8 Å². The van der Waals surface area contributed by atoms with Gasteiger partial charge in [0.2, 0.25) is 0 Å². The van der Waals surface area contributed by atoms with E-state index in [0.29, 0.717) is 17.1 Å². The summed E-state index contributed by atoms with van der Waals surface area (Å²) in [7, 11) is 0. The molecule has 1 atom stereocenters. The van der Waals surface area contributed by atoms with Gasteiger partial charge in [-0.2, -0.15) is 0 Å². The van der Waals surface area contributed by atoms with Gasteiger partial charge >= 0.3 is 12.1 Å². The maximum absolute atomic E-state index is 11.6. The zero-order valence-corrected chi connectivity index (χ0v) is 11.9. The van der Waals surface area contributed by atoms with Crippen molar-refractivity contribution in [2.24, 2.45) is 0 Å². The van der Waals surface area contributed by atoms with Crippen LogP contribution in [0.1, 0.15) is 34.1 Å². The normalized spacial score (nSPS) is 19.9. The fraction of sp³-hybridized carbons (Fsp3) is 0.667. The largest absolute Gasteiger partial charge is 0.477 e. The molecular formula is C12H19NO4S. The molecule has 0 saturated carbocycles. The van der Waals surface area contributed by atoms with Gasteiger partial charge in [0.1, 0.15) is 5.60 Å². The number of carbonyl (C=O) groups is 2. The Bertz CT molecular complexity index is 384. The number of alkyl carbamates (subject to hydrolysis) is 1. The van der Waals surface area contributed by atoms with Crippen LogP contribution in [0, 0.1) is 0 Å². The molecular weight excluding hydrogens is 254 g/mol. The summed E-state index contributed by atoms with van der Waals surface area (Å²) in [5.41, 5.74) is 0.208. The Kier molecular flexibility index (Phi) is 4.67. The van der Waals surface area contributed by atoms with E-state index in [2.05, 4.69) is 5.32 Å². The monoisotopic (exact) mass is 273 g/mol. The second-order valence-electron chi connectivity index (χ2n) is 5.02. The lowest BCUT2D eigenvalue weighted by atomic mass is 10.1. The predicted molar refractivity (Wildman–Crippen MR) is 70.6 cm³/mol. The fourth-order valence-corrected chi connectivity index (χ4v) is 2.92. The van der Waals surface area contributed by atoms with E-state index in [9.17, 15) is 9.59 Å². The molecule has 18 heavy (non-hydrogen) atoms. The lowest BCUT2D eigenvalue weighted by Crippen LogP contribution is -2.40. The molecule has 0 aromatic rings. The Morgan fingerprint density at radius 3 is 2.56 bits per heavy atom. The quantitative estimate of drug-likeness (QED) is 0.825. The van der Waals surface area contributed by atoms with Crippen LogP contribution < -0.4 is 5.32 Å². The second-order valence-corrected chi connectivity index (χ2v) is 6.05. The van der Waals surface area contributed by atoms with Crippen molar-refractivity contribution >= 4 is 23.8 Å². The highest BCUT2D eigenvalue weighted by Crippen LogP contribution is 2.33. The number of thioether (sulfide) groups is 1. The van der Waals surface area contributed by atoms with Gasteiger partial charge < -0.3 is 15.2 Å². The molecule has 102 valence electrons. The molecule has 0 aliphatic carbocycles. The van der Waals surface area contributed by atoms with E-state index >= 15 is 0 Å². The van der Waals surface area contributed by atoms with Crippen molar-refractivity contribution in [2.75, 3.05) is 5.75 Å². The molecule has 1 unspecified atom stereocenters. The molecule has 0 saturated heterocycles. The first-order chi connectivity index (χ1) is 8.24. The molecule has 0 fully saturated rings. The summed E-state index contributed by atoms with van der Waals surface area (Å²) < 4.78 is 5.16.